The summed E-state index contributed by atoms with van der Waals surface area (Å²) >= 11 is 0. The van der Waals surface area contributed by atoms with Crippen LogP contribution in [0.5, 0.6) is 0 Å². The van der Waals surface area contributed by atoms with Crippen LogP contribution in [0.1, 0.15) is 65.7 Å². The topological polar surface area (TPSA) is 142 Å². The summed E-state index contributed by atoms with van der Waals surface area (Å²) in [5.41, 5.74) is -4.55. The predicted molar refractivity (Wildman–Crippen MR) is 130 cm³/mol. The Labute approximate surface area is 215 Å². The van der Waals surface area contributed by atoms with Crippen LogP contribution in [0.3, 0.4) is 0 Å². The molecule has 0 unspecified atom stereocenters. The fourth-order valence-electron chi connectivity index (χ4n) is 4.02. The number of halogens is 2. The minimum atomic E-state index is -5.03. The van der Waals surface area contributed by atoms with Gasteiger partial charge in [0, 0.05) is 18.6 Å². The largest absolute Gasteiger partial charge is 0.443 e. The van der Waals surface area contributed by atoms with E-state index in [-0.39, 0.29) is 23.9 Å². The molecule has 1 aromatic rings. The van der Waals surface area contributed by atoms with E-state index in [0.717, 1.165) is 49.9 Å². The number of carbonyl (C=O) groups is 1. The summed E-state index contributed by atoms with van der Waals surface area (Å²) in [6, 6.07) is 1.92. The number of unbranched alkanes of at least 4 members (excludes halogenated alkanes) is 4. The first-order valence-corrected chi connectivity index (χ1v) is 15.1. The number of amides is 1. The third kappa shape index (κ3) is 7.24. The van der Waals surface area contributed by atoms with Gasteiger partial charge in [-0.1, -0.05) is 32.6 Å². The summed E-state index contributed by atoms with van der Waals surface area (Å²) in [7, 11) is -9.79. The minimum absolute atomic E-state index is 0.107. The molecule has 1 heterocycles. The number of hydrogen-bond acceptors (Lipinski definition) is 9. The molecule has 0 radical (unpaired) electrons. The van der Waals surface area contributed by atoms with Crippen LogP contribution in [0.25, 0.3) is 0 Å². The molecule has 0 aliphatic carbocycles. The quantitative estimate of drug-likeness (QED) is 0.0999. The molecule has 210 valence electrons. The van der Waals surface area contributed by atoms with Crippen LogP contribution in [-0.4, -0.2) is 54.8 Å². The van der Waals surface area contributed by atoms with Crippen LogP contribution >= 0.6 is 7.60 Å². The van der Waals surface area contributed by atoms with Gasteiger partial charge in [0.15, 0.2) is 0 Å². The minimum Gasteiger partial charge on any atom is -0.443 e. The van der Waals surface area contributed by atoms with E-state index >= 15 is 8.78 Å². The number of nitro benzene ring substituents is 1. The summed E-state index contributed by atoms with van der Waals surface area (Å²) in [5.74, 6) is 0. The van der Waals surface area contributed by atoms with Gasteiger partial charge in [-0.3, -0.25) is 14.7 Å². The standard InChI is InChI=1S/C22H33F2N2O9PS/c1-4-7-8-9-10-11-20-19(16-22(23,24)36(30,33-5-2)34-6-3)25(21(27)35-20)37(31,32)18-14-12-17(13-15-18)26(28)29/h12-15,19-20H,4-11,16H2,1-3H3/t19-,20+/m0/s1. The number of benzene rings is 1. The Morgan fingerprint density at radius 3 is 2.16 bits per heavy atom. The van der Waals surface area contributed by atoms with Crippen LogP contribution in [0, 0.1) is 10.1 Å². The third-order valence-electron chi connectivity index (χ3n) is 5.81. The summed E-state index contributed by atoms with van der Waals surface area (Å²) in [5, 5.41) is 10.9. The number of alkyl halides is 2. The number of ether oxygens (including phenoxy) is 1. The summed E-state index contributed by atoms with van der Waals surface area (Å²) in [6.45, 7) is 4.03. The number of nitrogens with zero attached hydrogens (tertiary/aromatic N) is 2. The molecule has 1 fully saturated rings. The van der Waals surface area contributed by atoms with E-state index in [0.29, 0.717) is 6.42 Å². The molecule has 37 heavy (non-hydrogen) atoms. The monoisotopic (exact) mass is 570 g/mol. The van der Waals surface area contributed by atoms with Crippen molar-refractivity contribution in [3.05, 3.63) is 34.4 Å². The maximum absolute atomic E-state index is 15.4. The van der Waals surface area contributed by atoms with Gasteiger partial charge in [0.1, 0.15) is 6.10 Å². The second-order valence-electron chi connectivity index (χ2n) is 8.45. The zero-order valence-electron chi connectivity index (χ0n) is 21.0. The molecule has 2 rings (SSSR count). The van der Waals surface area contributed by atoms with E-state index in [1.165, 1.54) is 13.8 Å². The lowest BCUT2D eigenvalue weighted by molar-refractivity contribution is -0.384. The van der Waals surface area contributed by atoms with Crippen molar-refractivity contribution < 1.29 is 45.3 Å². The Morgan fingerprint density at radius 1 is 1.08 bits per heavy atom. The van der Waals surface area contributed by atoms with Gasteiger partial charge in [0.05, 0.1) is 29.1 Å². The zero-order chi connectivity index (χ0) is 27.9. The lowest BCUT2D eigenvalue weighted by Gasteiger charge is -2.31. The first kappa shape index (κ1) is 31.1. The number of cyclic esters (lactones) is 1. The molecule has 0 spiro atoms. The Bertz CT molecular complexity index is 1080. The van der Waals surface area contributed by atoms with Crippen molar-refractivity contribution in [2.24, 2.45) is 0 Å². The Kier molecular flexibility index (Phi) is 11.0. The molecule has 1 aromatic carbocycles. The van der Waals surface area contributed by atoms with Gasteiger partial charge in [-0.15, -0.1) is 0 Å². The average molecular weight is 571 g/mol. The molecule has 0 bridgehead atoms. The number of hydrogen-bond donors (Lipinski definition) is 0. The molecule has 0 N–H and O–H groups in total. The highest BCUT2D eigenvalue weighted by atomic mass is 32.2. The molecule has 1 aliphatic rings. The first-order valence-electron chi connectivity index (χ1n) is 12.1. The van der Waals surface area contributed by atoms with Gasteiger partial charge in [-0.05, 0) is 38.8 Å². The van der Waals surface area contributed by atoms with Gasteiger partial charge >= 0.3 is 19.4 Å². The fourth-order valence-corrected chi connectivity index (χ4v) is 7.08. The van der Waals surface area contributed by atoms with Crippen molar-refractivity contribution in [3.63, 3.8) is 0 Å². The molecule has 15 heteroatoms. The zero-order valence-corrected chi connectivity index (χ0v) is 22.7. The van der Waals surface area contributed by atoms with Crippen LogP contribution in [0.15, 0.2) is 29.2 Å². The lowest BCUT2D eigenvalue weighted by atomic mass is 10.0. The Hall–Kier alpha value is -2.15. The molecule has 11 nitrogen and oxygen atoms in total. The molecule has 0 aromatic heterocycles. The molecule has 1 amide bonds. The predicted octanol–water partition coefficient (Wildman–Crippen LogP) is 6.08. The van der Waals surface area contributed by atoms with Crippen LogP contribution < -0.4 is 0 Å². The van der Waals surface area contributed by atoms with Crippen molar-refractivity contribution >= 4 is 29.4 Å². The average Bonchev–Trinajstić information content (AvgIpc) is 3.13. The summed E-state index contributed by atoms with van der Waals surface area (Å²) in [6.07, 6.45) is 0.156. The van der Waals surface area contributed by atoms with Crippen molar-refractivity contribution in [2.45, 2.75) is 88.4 Å². The van der Waals surface area contributed by atoms with Gasteiger partial charge in [-0.25, -0.2) is 13.2 Å². The van der Waals surface area contributed by atoms with Gasteiger partial charge < -0.3 is 13.8 Å². The highest BCUT2D eigenvalue weighted by molar-refractivity contribution is 7.89. The Balaban J connectivity index is 2.45. The van der Waals surface area contributed by atoms with Gasteiger partial charge in [-0.2, -0.15) is 13.1 Å². The first-order chi connectivity index (χ1) is 17.3. The second kappa shape index (κ2) is 13.1. The normalized spacial score (nSPS) is 18.7. The molecule has 1 aliphatic heterocycles. The Morgan fingerprint density at radius 2 is 1.65 bits per heavy atom. The molecular formula is C22H33F2N2O9PS. The molecule has 1 saturated heterocycles. The van der Waals surface area contributed by atoms with E-state index in [9.17, 15) is 27.9 Å². The third-order valence-corrected chi connectivity index (χ3v) is 9.80. The lowest BCUT2D eigenvalue weighted by Crippen LogP contribution is -2.44. The number of rotatable bonds is 16. The summed E-state index contributed by atoms with van der Waals surface area (Å²) < 4.78 is 85.5. The van der Waals surface area contributed by atoms with Crippen LogP contribution in [-0.2, 0) is 28.4 Å². The number of sulfonamides is 1. The van der Waals surface area contributed by atoms with Crippen molar-refractivity contribution in [3.8, 4) is 0 Å². The highest BCUT2D eigenvalue weighted by Crippen LogP contribution is 2.64. The van der Waals surface area contributed by atoms with Gasteiger partial charge in [0.25, 0.3) is 15.7 Å². The van der Waals surface area contributed by atoms with E-state index < -0.39 is 63.4 Å². The van der Waals surface area contributed by atoms with E-state index in [2.05, 4.69) is 0 Å². The van der Waals surface area contributed by atoms with Crippen LogP contribution in [0.4, 0.5) is 19.3 Å². The fraction of sp³-hybridized carbons (Fsp3) is 0.682. The maximum Gasteiger partial charge on any atom is 0.424 e. The summed E-state index contributed by atoms with van der Waals surface area (Å²) in [4.78, 5) is 22.4. The van der Waals surface area contributed by atoms with Gasteiger partial charge in [0.2, 0.25) is 0 Å². The maximum atomic E-state index is 15.4. The molecule has 2 atom stereocenters. The number of non-ortho nitro benzene ring substituents is 1. The van der Waals surface area contributed by atoms with Crippen molar-refractivity contribution in [1.82, 2.24) is 4.31 Å². The molecule has 0 saturated carbocycles. The number of nitro groups is 1. The van der Waals surface area contributed by atoms with Crippen molar-refractivity contribution in [1.29, 1.82) is 0 Å². The van der Waals surface area contributed by atoms with E-state index in [1.54, 1.807) is 0 Å². The van der Waals surface area contributed by atoms with E-state index in [4.69, 9.17) is 13.8 Å². The SMILES string of the molecule is CCCCCCC[C@H]1OC(=O)N(S(=O)(=O)c2ccc([N+](=O)[O-])cc2)[C@H]1CC(F)(F)P(=O)(OCC)OCC. The molecular weight excluding hydrogens is 537 g/mol. The highest BCUT2D eigenvalue weighted by Gasteiger charge is 2.59. The second-order valence-corrected chi connectivity index (χ2v) is 12.4. The van der Waals surface area contributed by atoms with Crippen molar-refractivity contribution in [2.75, 3.05) is 13.2 Å². The van der Waals surface area contributed by atoms with E-state index in [1.807, 2.05) is 6.92 Å². The van der Waals surface area contributed by atoms with Crippen LogP contribution in [0.2, 0.25) is 0 Å². The smallest absolute Gasteiger partial charge is 0.424 e. The number of carbonyl (C=O) groups excluding carboxylic acids is 1.